The third-order valence-corrected chi connectivity index (χ3v) is 3.84. The molecule has 0 aliphatic rings. The highest BCUT2D eigenvalue weighted by atomic mass is 35.5. The van der Waals surface area contributed by atoms with Crippen LogP contribution in [0.2, 0.25) is 5.02 Å². The zero-order valence-electron chi connectivity index (χ0n) is 11.8. The van der Waals surface area contributed by atoms with Gasteiger partial charge in [-0.1, -0.05) is 11.6 Å². The number of halogens is 1. The number of hydrogen-bond acceptors (Lipinski definition) is 3. The van der Waals surface area contributed by atoms with Crippen molar-refractivity contribution in [3.63, 3.8) is 0 Å². The van der Waals surface area contributed by atoms with E-state index in [0.29, 0.717) is 5.02 Å². The van der Waals surface area contributed by atoms with Gasteiger partial charge in [0.25, 0.3) is 0 Å². The van der Waals surface area contributed by atoms with E-state index < -0.39 is 5.97 Å². The first-order chi connectivity index (χ1) is 10.5. The summed E-state index contributed by atoms with van der Waals surface area (Å²) in [6, 6.07) is 12.3. The molecule has 0 bridgehead atoms. The Morgan fingerprint density at radius 1 is 1.18 bits per heavy atom. The van der Waals surface area contributed by atoms with Gasteiger partial charge in [-0.3, -0.25) is 4.98 Å². The number of aromatic nitrogens is 1. The first-order valence-corrected chi connectivity index (χ1v) is 7.07. The number of aromatic carboxylic acids is 1. The van der Waals surface area contributed by atoms with Crippen LogP contribution in [0.5, 0.6) is 0 Å². The second-order valence-corrected chi connectivity index (χ2v) is 5.39. The minimum absolute atomic E-state index is 0.257. The van der Waals surface area contributed by atoms with Crippen molar-refractivity contribution in [3.8, 4) is 0 Å². The number of aryl methyl sites for hydroxylation is 1. The molecule has 0 aliphatic heterocycles. The first-order valence-electron chi connectivity index (χ1n) is 6.70. The van der Waals surface area contributed by atoms with Gasteiger partial charge in [-0.05, 0) is 55.0 Å². The van der Waals surface area contributed by atoms with Crippen molar-refractivity contribution >= 4 is 39.8 Å². The monoisotopic (exact) mass is 312 g/mol. The average Bonchev–Trinajstić information content (AvgIpc) is 2.50. The molecule has 0 atom stereocenters. The van der Waals surface area contributed by atoms with Gasteiger partial charge in [0.05, 0.1) is 11.1 Å². The Morgan fingerprint density at radius 2 is 1.91 bits per heavy atom. The molecular weight excluding hydrogens is 300 g/mol. The van der Waals surface area contributed by atoms with Gasteiger partial charge < -0.3 is 10.4 Å². The molecule has 0 saturated carbocycles. The lowest BCUT2D eigenvalue weighted by Crippen LogP contribution is -1.97. The summed E-state index contributed by atoms with van der Waals surface area (Å²) >= 11 is 6.13. The third kappa shape index (κ3) is 2.73. The van der Waals surface area contributed by atoms with E-state index >= 15 is 0 Å². The summed E-state index contributed by atoms with van der Waals surface area (Å²) in [4.78, 5) is 15.2. The highest BCUT2D eigenvalue weighted by Crippen LogP contribution is 2.29. The lowest BCUT2D eigenvalue weighted by Gasteiger charge is -2.11. The molecule has 1 aromatic heterocycles. The maximum Gasteiger partial charge on any atom is 0.335 e. The summed E-state index contributed by atoms with van der Waals surface area (Å²) in [5, 5.41) is 13.9. The molecule has 0 radical (unpaired) electrons. The summed E-state index contributed by atoms with van der Waals surface area (Å²) in [6.07, 6.45) is 1.71. The summed E-state index contributed by atoms with van der Waals surface area (Å²) in [6.45, 7) is 1.94. The highest BCUT2D eigenvalue weighted by Gasteiger charge is 2.07. The van der Waals surface area contributed by atoms with Crippen LogP contribution in [0.4, 0.5) is 11.4 Å². The van der Waals surface area contributed by atoms with Crippen LogP contribution in [-0.4, -0.2) is 16.1 Å². The van der Waals surface area contributed by atoms with Gasteiger partial charge in [-0.15, -0.1) is 0 Å². The average molecular weight is 313 g/mol. The SMILES string of the molecule is Cc1cc2c(Nc3ccc(C(=O)O)cc3)ccnc2cc1Cl. The molecule has 2 N–H and O–H groups in total. The van der Waals surface area contributed by atoms with Crippen LogP contribution in [0.15, 0.2) is 48.7 Å². The van der Waals surface area contributed by atoms with E-state index in [-0.39, 0.29) is 5.56 Å². The molecule has 110 valence electrons. The number of fused-ring (bicyclic) bond motifs is 1. The Balaban J connectivity index is 2.00. The van der Waals surface area contributed by atoms with Crippen molar-refractivity contribution < 1.29 is 9.90 Å². The fraction of sp³-hybridized carbons (Fsp3) is 0.0588. The minimum atomic E-state index is -0.939. The van der Waals surface area contributed by atoms with Crippen molar-refractivity contribution in [2.75, 3.05) is 5.32 Å². The Labute approximate surface area is 132 Å². The van der Waals surface area contributed by atoms with Gasteiger partial charge in [-0.25, -0.2) is 4.79 Å². The molecule has 22 heavy (non-hydrogen) atoms. The number of anilines is 2. The Morgan fingerprint density at radius 3 is 2.59 bits per heavy atom. The number of nitrogens with zero attached hydrogens (tertiary/aromatic N) is 1. The van der Waals surface area contributed by atoms with E-state index in [2.05, 4.69) is 10.3 Å². The van der Waals surface area contributed by atoms with Gasteiger partial charge in [-0.2, -0.15) is 0 Å². The van der Waals surface area contributed by atoms with E-state index in [4.69, 9.17) is 16.7 Å². The second-order valence-electron chi connectivity index (χ2n) is 4.98. The quantitative estimate of drug-likeness (QED) is 0.739. The largest absolute Gasteiger partial charge is 0.478 e. The summed E-state index contributed by atoms with van der Waals surface area (Å²) in [7, 11) is 0. The molecule has 4 nitrogen and oxygen atoms in total. The molecule has 1 heterocycles. The van der Waals surface area contributed by atoms with Crippen molar-refractivity contribution in [3.05, 3.63) is 64.8 Å². The molecule has 0 unspecified atom stereocenters. The molecule has 0 saturated heterocycles. The molecular formula is C17H13ClN2O2. The standard InChI is InChI=1S/C17H13ClN2O2/c1-10-8-13-15(6-7-19-16(13)9-14(10)18)20-12-4-2-11(3-5-12)17(21)22/h2-9H,1H3,(H,19,20)(H,21,22). The minimum Gasteiger partial charge on any atom is -0.478 e. The van der Waals surface area contributed by atoms with Crippen molar-refractivity contribution in [1.29, 1.82) is 0 Å². The Hall–Kier alpha value is -2.59. The number of pyridine rings is 1. The predicted molar refractivity (Wildman–Crippen MR) is 88.2 cm³/mol. The van der Waals surface area contributed by atoms with E-state index in [9.17, 15) is 4.79 Å². The topological polar surface area (TPSA) is 62.2 Å². The smallest absolute Gasteiger partial charge is 0.335 e. The normalized spacial score (nSPS) is 10.6. The highest BCUT2D eigenvalue weighted by molar-refractivity contribution is 6.32. The van der Waals surface area contributed by atoms with Crippen molar-refractivity contribution in [2.45, 2.75) is 6.92 Å². The number of carboxylic acid groups (broad SMARTS) is 1. The van der Waals surface area contributed by atoms with Crippen LogP contribution in [0.25, 0.3) is 10.9 Å². The van der Waals surface area contributed by atoms with Crippen LogP contribution in [-0.2, 0) is 0 Å². The molecule has 5 heteroatoms. The number of hydrogen-bond donors (Lipinski definition) is 2. The zero-order chi connectivity index (χ0) is 15.7. The van der Waals surface area contributed by atoms with Crippen LogP contribution in [0.1, 0.15) is 15.9 Å². The first kappa shape index (κ1) is 14.4. The Kier molecular flexibility index (Phi) is 3.69. The van der Waals surface area contributed by atoms with Gasteiger partial charge in [0.15, 0.2) is 0 Å². The van der Waals surface area contributed by atoms with Crippen LogP contribution < -0.4 is 5.32 Å². The molecule has 0 amide bonds. The van der Waals surface area contributed by atoms with Gasteiger partial charge in [0, 0.05) is 28.0 Å². The zero-order valence-corrected chi connectivity index (χ0v) is 12.6. The van der Waals surface area contributed by atoms with E-state index in [1.54, 1.807) is 30.5 Å². The van der Waals surface area contributed by atoms with Crippen LogP contribution in [0.3, 0.4) is 0 Å². The molecule has 3 aromatic rings. The van der Waals surface area contributed by atoms with Crippen molar-refractivity contribution in [2.24, 2.45) is 0 Å². The molecule has 2 aromatic carbocycles. The van der Waals surface area contributed by atoms with Crippen molar-refractivity contribution in [1.82, 2.24) is 4.98 Å². The number of carboxylic acids is 1. The van der Waals surface area contributed by atoms with E-state index in [0.717, 1.165) is 27.8 Å². The lowest BCUT2D eigenvalue weighted by atomic mass is 10.1. The molecule has 0 spiro atoms. The third-order valence-electron chi connectivity index (χ3n) is 3.43. The van der Waals surface area contributed by atoms with Gasteiger partial charge in [0.2, 0.25) is 0 Å². The van der Waals surface area contributed by atoms with E-state index in [1.807, 2.05) is 25.1 Å². The number of rotatable bonds is 3. The fourth-order valence-electron chi connectivity index (χ4n) is 2.24. The molecule has 3 rings (SSSR count). The predicted octanol–water partition coefficient (Wildman–Crippen LogP) is 4.64. The van der Waals surface area contributed by atoms with Gasteiger partial charge in [0.1, 0.15) is 0 Å². The maximum absolute atomic E-state index is 10.9. The Bertz CT molecular complexity index is 860. The van der Waals surface area contributed by atoms with Crippen LogP contribution >= 0.6 is 11.6 Å². The molecule has 0 fully saturated rings. The number of nitrogens with one attached hydrogen (secondary N) is 1. The lowest BCUT2D eigenvalue weighted by molar-refractivity contribution is 0.0697. The summed E-state index contributed by atoms with van der Waals surface area (Å²) in [5.74, 6) is -0.939. The van der Waals surface area contributed by atoms with E-state index in [1.165, 1.54) is 0 Å². The summed E-state index contributed by atoms with van der Waals surface area (Å²) < 4.78 is 0. The summed E-state index contributed by atoms with van der Waals surface area (Å²) in [5.41, 5.74) is 3.75. The molecule has 0 aliphatic carbocycles. The number of carbonyl (C=O) groups is 1. The maximum atomic E-state index is 10.9. The van der Waals surface area contributed by atoms with Crippen LogP contribution in [0, 0.1) is 6.92 Å². The second kappa shape index (κ2) is 5.66. The number of benzene rings is 2. The fourth-order valence-corrected chi connectivity index (χ4v) is 2.39. The van der Waals surface area contributed by atoms with Gasteiger partial charge >= 0.3 is 5.97 Å².